The lowest BCUT2D eigenvalue weighted by Gasteiger charge is -2.19. The van der Waals surface area contributed by atoms with Crippen LogP contribution in [0.3, 0.4) is 0 Å². The summed E-state index contributed by atoms with van der Waals surface area (Å²) in [7, 11) is -3.06. The molecule has 1 aliphatic heterocycles. The van der Waals surface area contributed by atoms with Gasteiger partial charge in [0.1, 0.15) is 11.5 Å². The zero-order valence-electron chi connectivity index (χ0n) is 9.63. The van der Waals surface area contributed by atoms with E-state index in [-0.39, 0.29) is 12.4 Å². The van der Waals surface area contributed by atoms with Crippen LogP contribution in [-0.2, 0) is 16.3 Å². The second-order valence-corrected chi connectivity index (χ2v) is 6.65. The summed E-state index contributed by atoms with van der Waals surface area (Å²) in [5.74, 6) is 0.756. The van der Waals surface area contributed by atoms with Crippen molar-refractivity contribution in [3.63, 3.8) is 0 Å². The van der Waals surface area contributed by atoms with Gasteiger partial charge in [-0.1, -0.05) is 6.42 Å². The molecule has 96 valence electrons. The average Bonchev–Trinajstić information content (AvgIpc) is 2.74. The largest absolute Gasteiger partial charge is 0.449 e. The molecule has 1 fully saturated rings. The molecule has 1 saturated heterocycles. The number of hydrogen-bond acceptors (Lipinski definition) is 5. The minimum Gasteiger partial charge on any atom is -0.449 e. The fourth-order valence-corrected chi connectivity index (χ4v) is 4.00. The summed E-state index contributed by atoms with van der Waals surface area (Å²) in [4.78, 5) is 4.21. The van der Waals surface area contributed by atoms with E-state index in [4.69, 9.17) is 9.52 Å². The van der Waals surface area contributed by atoms with Crippen LogP contribution in [0.25, 0.3) is 0 Å². The molecule has 0 aromatic carbocycles. The lowest BCUT2D eigenvalue weighted by molar-refractivity contribution is 0.283. The molecule has 0 spiro atoms. The van der Waals surface area contributed by atoms with Crippen molar-refractivity contribution in [1.29, 1.82) is 0 Å². The maximum Gasteiger partial charge on any atom is 0.194 e. The van der Waals surface area contributed by atoms with Gasteiger partial charge < -0.3 is 9.52 Å². The van der Waals surface area contributed by atoms with Gasteiger partial charge in [-0.2, -0.15) is 0 Å². The third kappa shape index (κ3) is 2.87. The molecule has 0 aliphatic carbocycles. The molecule has 1 N–H and O–H groups in total. The van der Waals surface area contributed by atoms with Crippen LogP contribution in [0.1, 0.15) is 42.5 Å². The van der Waals surface area contributed by atoms with Gasteiger partial charge in [-0.25, -0.2) is 13.4 Å². The van der Waals surface area contributed by atoms with Crippen molar-refractivity contribution in [2.45, 2.75) is 37.4 Å². The Labute approximate surface area is 101 Å². The lowest BCUT2D eigenvalue weighted by atomic mass is 10.1. The average molecular weight is 259 g/mol. The molecule has 0 saturated carbocycles. The summed E-state index contributed by atoms with van der Waals surface area (Å²) in [5.41, 5.74) is 0.526. The van der Waals surface area contributed by atoms with E-state index in [2.05, 4.69) is 4.98 Å². The number of oxazole rings is 1. The molecule has 2 rings (SSSR count). The number of aliphatic hydroxyl groups is 1. The van der Waals surface area contributed by atoms with E-state index in [1.54, 1.807) is 0 Å². The maximum absolute atomic E-state index is 11.9. The molecule has 0 radical (unpaired) electrons. The molecule has 1 aromatic rings. The Balaban J connectivity index is 2.13. The van der Waals surface area contributed by atoms with Crippen LogP contribution < -0.4 is 0 Å². The van der Waals surface area contributed by atoms with Crippen LogP contribution in [0.15, 0.2) is 10.7 Å². The second kappa shape index (κ2) is 5.18. The molecule has 17 heavy (non-hydrogen) atoms. The molecule has 0 bridgehead atoms. The molecule has 1 aliphatic rings. The van der Waals surface area contributed by atoms with Gasteiger partial charge in [-0.3, -0.25) is 0 Å². The van der Waals surface area contributed by atoms with Crippen LogP contribution in [-0.4, -0.2) is 30.9 Å². The highest BCUT2D eigenvalue weighted by atomic mass is 32.2. The summed E-state index contributed by atoms with van der Waals surface area (Å²) in [6.07, 6.45) is 4.87. The Morgan fingerprint density at radius 1 is 1.47 bits per heavy atom. The summed E-state index contributed by atoms with van der Waals surface area (Å²) < 4.78 is 29.0. The smallest absolute Gasteiger partial charge is 0.194 e. The van der Waals surface area contributed by atoms with E-state index in [1.807, 2.05) is 0 Å². The number of aliphatic hydroxyl groups excluding tert-OH is 1. The van der Waals surface area contributed by atoms with Gasteiger partial charge in [0, 0.05) is 13.0 Å². The molecular formula is C11H17NO4S. The predicted molar refractivity (Wildman–Crippen MR) is 62.3 cm³/mol. The minimum absolute atomic E-state index is 0.0828. The maximum atomic E-state index is 11.9. The first-order valence-electron chi connectivity index (χ1n) is 5.90. The zero-order chi connectivity index (χ0) is 12.3. The molecular weight excluding hydrogens is 242 g/mol. The Bertz CT molecular complexity index is 466. The highest BCUT2D eigenvalue weighted by Crippen LogP contribution is 2.32. The van der Waals surface area contributed by atoms with E-state index in [0.717, 1.165) is 12.8 Å². The lowest BCUT2D eigenvalue weighted by Crippen LogP contribution is -2.21. The van der Waals surface area contributed by atoms with E-state index in [0.29, 0.717) is 30.8 Å². The normalized spacial score (nSPS) is 23.7. The van der Waals surface area contributed by atoms with E-state index in [1.165, 1.54) is 6.26 Å². The number of sulfone groups is 1. The van der Waals surface area contributed by atoms with Gasteiger partial charge in [-0.05, 0) is 19.3 Å². The van der Waals surface area contributed by atoms with Crippen LogP contribution >= 0.6 is 0 Å². The monoisotopic (exact) mass is 259 g/mol. The number of aromatic nitrogens is 1. The van der Waals surface area contributed by atoms with Crippen molar-refractivity contribution in [2.24, 2.45) is 0 Å². The highest BCUT2D eigenvalue weighted by molar-refractivity contribution is 7.91. The summed E-state index contributed by atoms with van der Waals surface area (Å²) in [5, 5.41) is 8.20. The van der Waals surface area contributed by atoms with Crippen LogP contribution in [0, 0.1) is 0 Å². The quantitative estimate of drug-likeness (QED) is 0.880. The highest BCUT2D eigenvalue weighted by Gasteiger charge is 2.32. The van der Waals surface area contributed by atoms with Gasteiger partial charge in [0.15, 0.2) is 15.7 Å². The van der Waals surface area contributed by atoms with E-state index in [9.17, 15) is 8.42 Å². The van der Waals surface area contributed by atoms with Crippen LogP contribution in [0.5, 0.6) is 0 Å². The zero-order valence-corrected chi connectivity index (χ0v) is 10.4. The van der Waals surface area contributed by atoms with Crippen molar-refractivity contribution < 1.29 is 17.9 Å². The standard InChI is InChI=1S/C11H17NO4S/c13-6-3-5-11-12-9(8-16-11)10-4-1-2-7-17(10,14)15/h8,10,13H,1-7H2. The Morgan fingerprint density at radius 2 is 2.29 bits per heavy atom. The SMILES string of the molecule is O=S1(=O)CCCCC1c1coc(CCCO)n1. The Morgan fingerprint density at radius 3 is 3.00 bits per heavy atom. The molecule has 1 atom stereocenters. The first-order valence-corrected chi connectivity index (χ1v) is 7.62. The van der Waals surface area contributed by atoms with Gasteiger partial charge in [0.2, 0.25) is 0 Å². The first-order chi connectivity index (χ1) is 8.13. The van der Waals surface area contributed by atoms with E-state index < -0.39 is 15.1 Å². The first kappa shape index (κ1) is 12.6. The van der Waals surface area contributed by atoms with Crippen LogP contribution in [0.2, 0.25) is 0 Å². The fraction of sp³-hybridized carbons (Fsp3) is 0.727. The van der Waals surface area contributed by atoms with Gasteiger partial charge >= 0.3 is 0 Å². The summed E-state index contributed by atoms with van der Waals surface area (Å²) >= 11 is 0. The summed E-state index contributed by atoms with van der Waals surface area (Å²) in [6, 6.07) is 0. The topological polar surface area (TPSA) is 80.4 Å². The third-order valence-corrected chi connectivity index (χ3v) is 5.23. The number of aryl methyl sites for hydroxylation is 1. The molecule has 1 aromatic heterocycles. The van der Waals surface area contributed by atoms with Gasteiger partial charge in [0.25, 0.3) is 0 Å². The molecule has 1 unspecified atom stereocenters. The Hall–Kier alpha value is -0.880. The molecule has 0 amide bonds. The Kier molecular flexibility index (Phi) is 3.83. The van der Waals surface area contributed by atoms with Crippen molar-refractivity contribution in [2.75, 3.05) is 12.4 Å². The predicted octanol–water partition coefficient (Wildman–Crippen LogP) is 1.24. The van der Waals surface area contributed by atoms with Crippen molar-refractivity contribution in [3.05, 3.63) is 17.8 Å². The third-order valence-electron chi connectivity index (χ3n) is 3.03. The number of nitrogens with zero attached hydrogens (tertiary/aromatic N) is 1. The molecule has 2 heterocycles. The summed E-state index contributed by atoms with van der Waals surface area (Å²) in [6.45, 7) is 0.0828. The minimum atomic E-state index is -3.06. The van der Waals surface area contributed by atoms with Gasteiger partial charge in [0.05, 0.1) is 11.4 Å². The number of rotatable bonds is 4. The van der Waals surface area contributed by atoms with Crippen molar-refractivity contribution in [1.82, 2.24) is 4.98 Å². The fourth-order valence-electron chi connectivity index (χ4n) is 2.10. The molecule has 6 heteroatoms. The number of hydrogen-bond donors (Lipinski definition) is 1. The second-order valence-electron chi connectivity index (χ2n) is 4.34. The van der Waals surface area contributed by atoms with Gasteiger partial charge in [-0.15, -0.1) is 0 Å². The van der Waals surface area contributed by atoms with Crippen LogP contribution in [0.4, 0.5) is 0 Å². The molecule has 5 nitrogen and oxygen atoms in total. The van der Waals surface area contributed by atoms with Crippen molar-refractivity contribution >= 4 is 9.84 Å². The van der Waals surface area contributed by atoms with Crippen molar-refractivity contribution in [3.8, 4) is 0 Å². The van der Waals surface area contributed by atoms with E-state index >= 15 is 0 Å².